The first-order valence-corrected chi connectivity index (χ1v) is 3.33. The summed E-state index contributed by atoms with van der Waals surface area (Å²) in [4.78, 5) is 0. The Balaban J connectivity index is 4.14. The van der Waals surface area contributed by atoms with E-state index in [0.717, 1.165) is 6.92 Å². The second-order valence-electron chi connectivity index (χ2n) is 1.56. The van der Waals surface area contributed by atoms with Gasteiger partial charge in [-0.3, -0.25) is 0 Å². The number of alkyl halides is 5. The van der Waals surface area contributed by atoms with Gasteiger partial charge in [-0.1, -0.05) is 6.92 Å². The Bertz CT molecular complexity index is 95.2. The number of rotatable bonds is 2. The standard InChI is InChI=1S/C4H5F4I/c1-2-3(5,6)4(7,8)9/h2H2,1H3. The zero-order chi connectivity index (χ0) is 7.71. The second-order valence-corrected chi connectivity index (χ2v) is 2.91. The third kappa shape index (κ3) is 2.27. The first-order chi connectivity index (χ1) is 3.81. The molecule has 0 rings (SSSR count). The first kappa shape index (κ1) is 9.45. The second kappa shape index (κ2) is 2.59. The maximum atomic E-state index is 11.9. The van der Waals surface area contributed by atoms with Gasteiger partial charge in [0.25, 0.3) is 0 Å². The van der Waals surface area contributed by atoms with Crippen molar-refractivity contribution >= 4 is 22.6 Å². The van der Waals surface area contributed by atoms with Crippen molar-refractivity contribution in [2.24, 2.45) is 0 Å². The molecule has 0 aliphatic rings. The van der Waals surface area contributed by atoms with E-state index in [1.54, 1.807) is 0 Å². The largest absolute Gasteiger partial charge is 0.358 e. The molecule has 0 spiro atoms. The van der Waals surface area contributed by atoms with Crippen LogP contribution in [0.1, 0.15) is 13.3 Å². The molecule has 0 aliphatic carbocycles. The highest BCUT2D eigenvalue weighted by atomic mass is 127. The molecular weight excluding hydrogens is 251 g/mol. The van der Waals surface area contributed by atoms with Crippen LogP contribution in [-0.2, 0) is 0 Å². The molecule has 0 atom stereocenters. The fourth-order valence-corrected chi connectivity index (χ4v) is 0.582. The minimum atomic E-state index is -3.92. The molecule has 0 aliphatic heterocycles. The Morgan fingerprint density at radius 3 is 1.56 bits per heavy atom. The van der Waals surface area contributed by atoms with Crippen molar-refractivity contribution in [3.63, 3.8) is 0 Å². The van der Waals surface area contributed by atoms with E-state index in [-0.39, 0.29) is 0 Å². The van der Waals surface area contributed by atoms with Crippen LogP contribution >= 0.6 is 22.6 Å². The molecule has 0 aromatic carbocycles. The Labute approximate surface area is 63.8 Å². The van der Waals surface area contributed by atoms with Gasteiger partial charge in [0.05, 0.1) is 0 Å². The van der Waals surface area contributed by atoms with Crippen molar-refractivity contribution in [1.29, 1.82) is 0 Å². The lowest BCUT2D eigenvalue weighted by Crippen LogP contribution is -2.33. The summed E-state index contributed by atoms with van der Waals surface area (Å²) in [5, 5.41) is 0. The smallest absolute Gasteiger partial charge is 0.199 e. The van der Waals surface area contributed by atoms with Crippen molar-refractivity contribution in [2.45, 2.75) is 23.2 Å². The van der Waals surface area contributed by atoms with Gasteiger partial charge >= 0.3 is 9.85 Å². The van der Waals surface area contributed by atoms with E-state index >= 15 is 0 Å². The molecule has 0 saturated heterocycles. The quantitative estimate of drug-likeness (QED) is 0.404. The Morgan fingerprint density at radius 2 is 1.56 bits per heavy atom. The Morgan fingerprint density at radius 1 is 1.22 bits per heavy atom. The highest BCUT2D eigenvalue weighted by molar-refractivity contribution is 14.1. The van der Waals surface area contributed by atoms with Crippen LogP contribution in [0.4, 0.5) is 17.6 Å². The highest BCUT2D eigenvalue weighted by Gasteiger charge is 2.52. The minimum absolute atomic E-state index is 0.436. The van der Waals surface area contributed by atoms with Crippen LogP contribution in [0, 0.1) is 0 Å². The van der Waals surface area contributed by atoms with Crippen molar-refractivity contribution < 1.29 is 17.6 Å². The maximum Gasteiger partial charge on any atom is 0.358 e. The monoisotopic (exact) mass is 256 g/mol. The molecule has 0 fully saturated rings. The number of hydrogen-bond donors (Lipinski definition) is 0. The van der Waals surface area contributed by atoms with Gasteiger partial charge in [0.15, 0.2) is 0 Å². The van der Waals surface area contributed by atoms with E-state index < -0.39 is 16.3 Å². The van der Waals surface area contributed by atoms with Crippen LogP contribution in [0.2, 0.25) is 0 Å². The highest BCUT2D eigenvalue weighted by Crippen LogP contribution is 2.41. The van der Waals surface area contributed by atoms with E-state index in [9.17, 15) is 17.6 Å². The van der Waals surface area contributed by atoms with Gasteiger partial charge in [-0.25, -0.2) is 0 Å². The molecule has 0 saturated carbocycles. The summed E-state index contributed by atoms with van der Waals surface area (Å²) in [5.74, 6) is -3.87. The molecular formula is C4H5F4I. The van der Waals surface area contributed by atoms with Crippen molar-refractivity contribution in [1.82, 2.24) is 0 Å². The molecule has 0 amide bonds. The molecule has 0 nitrogen and oxygen atoms in total. The van der Waals surface area contributed by atoms with Crippen LogP contribution in [0.3, 0.4) is 0 Å². The summed E-state index contributed by atoms with van der Waals surface area (Å²) < 4.78 is 43.4. The molecule has 0 aromatic rings. The van der Waals surface area contributed by atoms with Gasteiger partial charge in [-0.2, -0.15) is 17.6 Å². The van der Waals surface area contributed by atoms with Gasteiger partial charge in [0.1, 0.15) is 0 Å². The third-order valence-corrected chi connectivity index (χ3v) is 1.65. The van der Waals surface area contributed by atoms with Gasteiger partial charge in [0, 0.05) is 29.0 Å². The molecule has 9 heavy (non-hydrogen) atoms. The Hall–Kier alpha value is 0.450. The topological polar surface area (TPSA) is 0 Å². The molecule has 0 bridgehead atoms. The molecule has 0 radical (unpaired) electrons. The maximum absolute atomic E-state index is 11.9. The van der Waals surface area contributed by atoms with Crippen LogP contribution in [-0.4, -0.2) is 9.85 Å². The molecule has 0 heterocycles. The lowest BCUT2D eigenvalue weighted by atomic mass is 10.3. The average molecular weight is 256 g/mol. The summed E-state index contributed by atoms with van der Waals surface area (Å²) >= 11 is 0.436. The van der Waals surface area contributed by atoms with E-state index in [0.29, 0.717) is 22.6 Å². The van der Waals surface area contributed by atoms with Crippen LogP contribution in [0.25, 0.3) is 0 Å². The zero-order valence-corrected chi connectivity index (χ0v) is 6.75. The number of halogens is 5. The van der Waals surface area contributed by atoms with E-state index in [2.05, 4.69) is 0 Å². The number of hydrogen-bond acceptors (Lipinski definition) is 0. The fraction of sp³-hybridized carbons (Fsp3) is 1.00. The van der Waals surface area contributed by atoms with Crippen LogP contribution < -0.4 is 0 Å². The first-order valence-electron chi connectivity index (χ1n) is 2.26. The summed E-state index contributed by atoms with van der Waals surface area (Å²) in [6.45, 7) is 1.02. The Kier molecular flexibility index (Phi) is 2.72. The lowest BCUT2D eigenvalue weighted by Gasteiger charge is -2.18. The van der Waals surface area contributed by atoms with E-state index in [4.69, 9.17) is 0 Å². The third-order valence-electron chi connectivity index (χ3n) is 0.859. The minimum Gasteiger partial charge on any atom is -0.199 e. The van der Waals surface area contributed by atoms with Gasteiger partial charge in [0.2, 0.25) is 0 Å². The lowest BCUT2D eigenvalue weighted by molar-refractivity contribution is -0.141. The SMILES string of the molecule is CCC(F)(F)C(F)(F)I. The van der Waals surface area contributed by atoms with Crippen molar-refractivity contribution in [2.75, 3.05) is 0 Å². The van der Waals surface area contributed by atoms with E-state index in [1.807, 2.05) is 0 Å². The van der Waals surface area contributed by atoms with Gasteiger partial charge in [-0.05, 0) is 0 Å². The molecule has 56 valence electrons. The van der Waals surface area contributed by atoms with E-state index in [1.165, 1.54) is 0 Å². The van der Waals surface area contributed by atoms with Gasteiger partial charge in [-0.15, -0.1) is 0 Å². The normalized spacial score (nSPS) is 14.0. The zero-order valence-electron chi connectivity index (χ0n) is 4.60. The summed E-state index contributed by atoms with van der Waals surface area (Å²) in [7, 11) is 0. The fourth-order valence-electron chi connectivity index (χ4n) is 0.200. The predicted octanol–water partition coefficient (Wildman–Crippen LogP) is 3.06. The molecule has 0 aromatic heterocycles. The predicted molar refractivity (Wildman–Crippen MR) is 34.2 cm³/mol. The summed E-state index contributed by atoms with van der Waals surface area (Å²) in [5.41, 5.74) is 0. The van der Waals surface area contributed by atoms with Crippen molar-refractivity contribution in [3.05, 3.63) is 0 Å². The summed E-state index contributed by atoms with van der Waals surface area (Å²) in [6.07, 6.45) is -0.830. The van der Waals surface area contributed by atoms with Crippen molar-refractivity contribution in [3.8, 4) is 0 Å². The molecule has 0 unspecified atom stereocenters. The van der Waals surface area contributed by atoms with Gasteiger partial charge < -0.3 is 0 Å². The summed E-state index contributed by atoms with van der Waals surface area (Å²) in [6, 6.07) is 0. The molecule has 5 heteroatoms. The molecule has 0 N–H and O–H groups in total. The average Bonchev–Trinajstić information content (AvgIpc) is 1.64. The van der Waals surface area contributed by atoms with Crippen LogP contribution in [0.15, 0.2) is 0 Å². The van der Waals surface area contributed by atoms with Crippen LogP contribution in [0.5, 0.6) is 0 Å².